The topological polar surface area (TPSA) is 72.3 Å². The number of carbonyl (C=O) groups excluding carboxylic acids is 1. The van der Waals surface area contributed by atoms with Gasteiger partial charge in [0.15, 0.2) is 0 Å². The fourth-order valence-electron chi connectivity index (χ4n) is 5.05. The molecule has 0 saturated carbocycles. The molecule has 0 bridgehead atoms. The largest absolute Gasteiger partial charge is 0.336 e. The lowest BCUT2D eigenvalue weighted by atomic mass is 10.1. The first kappa shape index (κ1) is 24.6. The first-order valence-electron chi connectivity index (χ1n) is 12.1. The molecule has 10 heteroatoms. The van der Waals surface area contributed by atoms with Gasteiger partial charge in [-0.25, -0.2) is 18.9 Å². The molecular weight excluding hydrogens is 476 g/mol. The van der Waals surface area contributed by atoms with E-state index in [-0.39, 0.29) is 23.3 Å². The predicted molar refractivity (Wildman–Crippen MR) is 137 cm³/mol. The second-order valence-corrected chi connectivity index (χ2v) is 9.44. The molecule has 37 heavy (non-hydrogen) atoms. The molecule has 8 nitrogen and oxygen atoms in total. The molecule has 0 spiro atoms. The number of nitrogens with one attached hydrogen (secondary N) is 1. The quantitative estimate of drug-likeness (QED) is 0.410. The summed E-state index contributed by atoms with van der Waals surface area (Å²) in [5, 5.41) is 7.84. The number of piperidine rings is 1. The third-order valence-corrected chi connectivity index (χ3v) is 7.05. The monoisotopic (exact) mass is 503 g/mol. The number of hydrogen-bond donors (Lipinski definition) is 1. The van der Waals surface area contributed by atoms with Crippen molar-refractivity contribution < 1.29 is 13.6 Å². The maximum atomic E-state index is 14.9. The molecule has 1 atom stereocenters. The Labute approximate surface area is 213 Å². The number of likely N-dealkylation sites (N-methyl/N-ethyl adjacent to an activating group) is 1. The Hall–Kier alpha value is -4.10. The Morgan fingerprint density at radius 3 is 2.70 bits per heavy atom. The van der Waals surface area contributed by atoms with Crippen molar-refractivity contribution in [3.05, 3.63) is 70.5 Å². The first-order chi connectivity index (χ1) is 17.7. The highest BCUT2D eigenvalue weighted by molar-refractivity contribution is 5.95. The van der Waals surface area contributed by atoms with Crippen molar-refractivity contribution in [3.63, 3.8) is 0 Å². The molecule has 1 fully saturated rings. The second kappa shape index (κ2) is 9.41. The molecule has 0 radical (unpaired) electrons. The highest BCUT2D eigenvalue weighted by atomic mass is 19.1. The average Bonchev–Trinajstić information content (AvgIpc) is 3.39. The molecule has 1 amide bonds. The highest BCUT2D eigenvalue weighted by Crippen LogP contribution is 2.33. The Kier molecular flexibility index (Phi) is 6.25. The molecule has 1 aliphatic heterocycles. The third-order valence-electron chi connectivity index (χ3n) is 7.05. The van der Waals surface area contributed by atoms with Crippen molar-refractivity contribution in [3.8, 4) is 17.1 Å². The summed E-state index contributed by atoms with van der Waals surface area (Å²) in [6.45, 7) is 12.0. The number of aromatic nitrogens is 4. The minimum absolute atomic E-state index is 0.101. The summed E-state index contributed by atoms with van der Waals surface area (Å²) >= 11 is 0. The number of likely N-dealkylation sites (tertiary alicyclic amines) is 1. The fourth-order valence-corrected chi connectivity index (χ4v) is 5.05. The van der Waals surface area contributed by atoms with Crippen LogP contribution in [0.3, 0.4) is 0 Å². The zero-order valence-corrected chi connectivity index (χ0v) is 21.1. The van der Waals surface area contributed by atoms with Crippen LogP contribution in [0.2, 0.25) is 0 Å². The van der Waals surface area contributed by atoms with Crippen LogP contribution in [0.4, 0.5) is 14.5 Å². The van der Waals surface area contributed by atoms with E-state index in [4.69, 9.17) is 11.6 Å². The van der Waals surface area contributed by atoms with E-state index >= 15 is 0 Å². The first-order valence-corrected chi connectivity index (χ1v) is 12.1. The van der Waals surface area contributed by atoms with Crippen LogP contribution in [0.15, 0.2) is 30.3 Å². The van der Waals surface area contributed by atoms with E-state index in [0.717, 1.165) is 18.4 Å². The van der Waals surface area contributed by atoms with Crippen molar-refractivity contribution in [2.45, 2.75) is 32.7 Å². The van der Waals surface area contributed by atoms with Gasteiger partial charge in [-0.2, -0.15) is 9.49 Å². The Balaban J connectivity index is 1.71. The van der Waals surface area contributed by atoms with Gasteiger partial charge >= 0.3 is 0 Å². The van der Waals surface area contributed by atoms with Crippen LogP contribution < -0.4 is 5.32 Å². The zero-order chi connectivity index (χ0) is 26.4. The molecular formula is C27H27F2N7O. The van der Waals surface area contributed by atoms with E-state index < -0.39 is 11.8 Å². The number of benzene rings is 2. The van der Waals surface area contributed by atoms with E-state index in [9.17, 15) is 13.6 Å². The summed E-state index contributed by atoms with van der Waals surface area (Å²) in [6, 6.07) is 7.96. The second-order valence-electron chi connectivity index (χ2n) is 9.44. The van der Waals surface area contributed by atoms with Crippen LogP contribution in [-0.2, 0) is 7.05 Å². The van der Waals surface area contributed by atoms with Crippen LogP contribution in [0.25, 0.3) is 32.8 Å². The molecule has 1 N–H and O–H groups in total. The van der Waals surface area contributed by atoms with Crippen LogP contribution >= 0.6 is 0 Å². The summed E-state index contributed by atoms with van der Waals surface area (Å²) in [5.41, 5.74) is 2.99. The van der Waals surface area contributed by atoms with E-state index in [2.05, 4.69) is 15.3 Å². The van der Waals surface area contributed by atoms with Gasteiger partial charge in [0, 0.05) is 37.4 Å². The maximum Gasteiger partial charge on any atom is 0.274 e. The van der Waals surface area contributed by atoms with Crippen molar-refractivity contribution in [1.82, 2.24) is 29.5 Å². The number of fused-ring (bicyclic) bond motifs is 1. The molecule has 0 unspecified atom stereocenters. The number of imidazole rings is 1. The average molecular weight is 504 g/mol. The van der Waals surface area contributed by atoms with Crippen LogP contribution in [0.1, 0.15) is 34.6 Å². The van der Waals surface area contributed by atoms with Crippen molar-refractivity contribution in [1.29, 1.82) is 0 Å². The minimum atomic E-state index is -0.676. The molecule has 190 valence electrons. The minimum Gasteiger partial charge on any atom is -0.336 e. The maximum absolute atomic E-state index is 14.9. The molecule has 0 aliphatic carbocycles. The Bertz CT molecular complexity index is 1580. The molecule has 4 aromatic rings. The predicted octanol–water partition coefficient (Wildman–Crippen LogP) is 4.70. The van der Waals surface area contributed by atoms with Gasteiger partial charge < -0.3 is 10.2 Å². The lowest BCUT2D eigenvalue weighted by Crippen LogP contribution is -2.47. The zero-order valence-electron chi connectivity index (χ0n) is 21.1. The number of aryl methyl sites for hydroxylation is 2. The Morgan fingerprint density at radius 1 is 1.22 bits per heavy atom. The molecule has 3 heterocycles. The van der Waals surface area contributed by atoms with Gasteiger partial charge in [0.2, 0.25) is 11.6 Å². The third kappa shape index (κ3) is 4.15. The van der Waals surface area contributed by atoms with E-state index in [1.165, 1.54) is 23.9 Å². The standard InChI is InChI=1S/C27H27F2N7O/c1-15-11-19(13-20-23(15)33-34(5)25(20)29)36-16(2)24(27(37)35-10-6-7-18(14-35)30-3)32-26(36)17-8-9-22(31-4)21(28)12-17/h8-9,11-13,18,30H,6-7,10,14H2,1-3,5H3/t18-/m0/s1. The van der Waals surface area contributed by atoms with Crippen LogP contribution in [0.5, 0.6) is 0 Å². The number of rotatable bonds is 4. The Morgan fingerprint density at radius 2 is 2.00 bits per heavy atom. The van der Waals surface area contributed by atoms with E-state index in [0.29, 0.717) is 46.8 Å². The lowest BCUT2D eigenvalue weighted by Gasteiger charge is -2.32. The summed E-state index contributed by atoms with van der Waals surface area (Å²) in [4.78, 5) is 23.3. The van der Waals surface area contributed by atoms with E-state index in [1.807, 2.05) is 20.0 Å². The summed E-state index contributed by atoms with van der Waals surface area (Å²) in [5.74, 6) is -1.03. The smallest absolute Gasteiger partial charge is 0.274 e. The van der Waals surface area contributed by atoms with Gasteiger partial charge in [-0.05, 0) is 57.5 Å². The van der Waals surface area contributed by atoms with Crippen molar-refractivity contribution in [2.75, 3.05) is 20.1 Å². The van der Waals surface area contributed by atoms with Gasteiger partial charge in [-0.3, -0.25) is 9.36 Å². The molecule has 1 saturated heterocycles. The number of halogens is 2. The highest BCUT2D eigenvalue weighted by Gasteiger charge is 2.29. The number of amides is 1. The van der Waals surface area contributed by atoms with Crippen LogP contribution in [-0.4, -0.2) is 56.3 Å². The lowest BCUT2D eigenvalue weighted by molar-refractivity contribution is 0.0692. The molecule has 5 rings (SSSR count). The number of nitrogens with zero attached hydrogens (tertiary/aromatic N) is 6. The van der Waals surface area contributed by atoms with Gasteiger partial charge in [0.05, 0.1) is 23.2 Å². The normalized spacial score (nSPS) is 15.8. The van der Waals surface area contributed by atoms with Crippen molar-refractivity contribution in [2.24, 2.45) is 7.05 Å². The summed E-state index contributed by atoms with van der Waals surface area (Å²) < 4.78 is 32.4. The van der Waals surface area contributed by atoms with Gasteiger partial charge in [0.25, 0.3) is 5.91 Å². The number of hydrogen-bond acceptors (Lipinski definition) is 4. The van der Waals surface area contributed by atoms with Gasteiger partial charge in [0.1, 0.15) is 17.3 Å². The molecule has 1 aliphatic rings. The summed E-state index contributed by atoms with van der Waals surface area (Å²) in [7, 11) is 3.42. The molecule has 2 aromatic heterocycles. The molecule has 2 aromatic carbocycles. The van der Waals surface area contributed by atoms with Crippen LogP contribution in [0, 0.1) is 32.2 Å². The van der Waals surface area contributed by atoms with E-state index in [1.54, 1.807) is 28.5 Å². The van der Waals surface area contributed by atoms with Gasteiger partial charge in [-0.1, -0.05) is 12.1 Å². The van der Waals surface area contributed by atoms with Crippen molar-refractivity contribution >= 4 is 22.5 Å². The SMILES string of the molecule is [C-]#[N+]c1ccc(-c2nc(C(=O)N3CCC[C@H](NC)C3)c(C)n2-c2cc(C)c3nn(C)c(F)c3c2)cc1F. The van der Waals surface area contributed by atoms with Gasteiger partial charge in [-0.15, -0.1) is 0 Å². The number of carbonyl (C=O) groups is 1. The summed E-state index contributed by atoms with van der Waals surface area (Å²) in [6.07, 6.45) is 1.87. The fraction of sp³-hybridized carbons (Fsp3) is 0.333.